The van der Waals surface area contributed by atoms with Gasteiger partial charge in [0.15, 0.2) is 9.84 Å². The van der Waals surface area contributed by atoms with E-state index in [1.165, 1.54) is 6.07 Å². The number of hydrogen-bond donors (Lipinski definition) is 2. The van der Waals surface area contributed by atoms with Gasteiger partial charge in [0.2, 0.25) is 5.88 Å². The molecule has 2 N–H and O–H groups in total. The van der Waals surface area contributed by atoms with Crippen LogP contribution in [0.2, 0.25) is 0 Å². The first-order valence-electron chi connectivity index (χ1n) is 9.42. The highest BCUT2D eigenvalue weighted by molar-refractivity contribution is 7.92. The zero-order valence-electron chi connectivity index (χ0n) is 17.2. The Hall–Kier alpha value is -2.28. The maximum absolute atomic E-state index is 12.8. The van der Waals surface area contributed by atoms with Crippen LogP contribution in [0.15, 0.2) is 34.2 Å². The molecular weight excluding hydrogens is 376 g/mol. The summed E-state index contributed by atoms with van der Waals surface area (Å²) in [4.78, 5) is 4.65. The first-order valence-corrected chi connectivity index (χ1v) is 11.1. The Morgan fingerprint density at radius 1 is 1.11 bits per heavy atom. The van der Waals surface area contributed by atoms with Gasteiger partial charge in [-0.25, -0.2) is 8.42 Å². The highest BCUT2D eigenvalue weighted by Crippen LogP contribution is 2.46. The molecule has 1 aromatic heterocycles. The van der Waals surface area contributed by atoms with Crippen LogP contribution in [0.3, 0.4) is 0 Å². The van der Waals surface area contributed by atoms with E-state index in [0.717, 1.165) is 0 Å². The van der Waals surface area contributed by atoms with E-state index in [-0.39, 0.29) is 45.5 Å². The highest BCUT2D eigenvalue weighted by Gasteiger charge is 2.37. The smallest absolute Gasteiger partial charge is 0.204 e. The molecule has 0 aliphatic carbocycles. The van der Waals surface area contributed by atoms with E-state index in [1.54, 1.807) is 22.8 Å². The Labute approximate surface area is 166 Å². The number of aromatic nitrogens is 1. The van der Waals surface area contributed by atoms with Crippen molar-refractivity contribution >= 4 is 21.2 Å². The third-order valence-electron chi connectivity index (χ3n) is 5.31. The minimum Gasteiger partial charge on any atom is -0.505 e. The zero-order chi connectivity index (χ0) is 21.0. The monoisotopic (exact) mass is 404 g/mol. The fourth-order valence-electron chi connectivity index (χ4n) is 3.62. The van der Waals surface area contributed by atoms with Crippen molar-refractivity contribution in [3.63, 3.8) is 0 Å². The Kier molecular flexibility index (Phi) is 4.86. The number of aliphatic imine (C=N–C) groups is 1. The summed E-state index contributed by atoms with van der Waals surface area (Å²) < 4.78 is 27.2. The predicted molar refractivity (Wildman–Crippen MR) is 111 cm³/mol. The molecular formula is C21H28N2O4S. The maximum Gasteiger partial charge on any atom is 0.204 e. The number of rotatable bonds is 3. The van der Waals surface area contributed by atoms with E-state index < -0.39 is 15.3 Å². The lowest BCUT2D eigenvalue weighted by Crippen LogP contribution is -2.22. The van der Waals surface area contributed by atoms with Gasteiger partial charge in [0.1, 0.15) is 11.3 Å². The molecule has 7 heteroatoms. The number of fused-ring (bicyclic) bond motifs is 1. The van der Waals surface area contributed by atoms with Crippen molar-refractivity contribution in [2.24, 2.45) is 10.9 Å². The molecule has 0 saturated heterocycles. The number of benzene rings is 1. The molecule has 1 atom stereocenters. The second kappa shape index (κ2) is 6.65. The molecule has 28 heavy (non-hydrogen) atoms. The molecule has 0 saturated carbocycles. The van der Waals surface area contributed by atoms with Gasteiger partial charge in [-0.3, -0.25) is 4.99 Å². The van der Waals surface area contributed by atoms with E-state index in [9.17, 15) is 18.6 Å². The SMILES string of the molecule is CC(C)C(C)n1c(O)c(C2=Nc3ccccc3S(=O)(=O)C2)c(O)c1C(C)(C)C. The number of sulfone groups is 1. The Bertz CT molecular complexity index is 1060. The average molecular weight is 405 g/mol. The van der Waals surface area contributed by atoms with Crippen molar-refractivity contribution < 1.29 is 18.6 Å². The van der Waals surface area contributed by atoms with Crippen LogP contribution in [0.25, 0.3) is 0 Å². The van der Waals surface area contributed by atoms with Crippen LogP contribution < -0.4 is 0 Å². The fourth-order valence-corrected chi connectivity index (χ4v) is 5.06. The molecule has 152 valence electrons. The van der Waals surface area contributed by atoms with E-state index in [2.05, 4.69) is 4.99 Å². The number of para-hydroxylation sites is 1. The van der Waals surface area contributed by atoms with Gasteiger partial charge in [-0.05, 0) is 25.0 Å². The minimum absolute atomic E-state index is 0.0954. The molecule has 1 unspecified atom stereocenters. The predicted octanol–water partition coefficient (Wildman–Crippen LogP) is 4.32. The topological polar surface area (TPSA) is 91.9 Å². The van der Waals surface area contributed by atoms with Crippen LogP contribution in [0, 0.1) is 5.92 Å². The summed E-state index contributed by atoms with van der Waals surface area (Å²) in [6.45, 7) is 11.9. The third kappa shape index (κ3) is 3.21. The number of nitrogens with zero attached hydrogens (tertiary/aromatic N) is 2. The molecule has 0 fully saturated rings. The van der Waals surface area contributed by atoms with E-state index in [1.807, 2.05) is 41.5 Å². The number of hydrogen-bond acceptors (Lipinski definition) is 5. The van der Waals surface area contributed by atoms with E-state index in [0.29, 0.717) is 11.4 Å². The molecule has 3 rings (SSSR count). The van der Waals surface area contributed by atoms with Crippen LogP contribution >= 0.6 is 0 Å². The Morgan fingerprint density at radius 3 is 2.29 bits per heavy atom. The van der Waals surface area contributed by atoms with Crippen LogP contribution in [-0.4, -0.2) is 34.7 Å². The second-order valence-electron chi connectivity index (χ2n) is 8.79. The molecule has 2 aromatic rings. The molecule has 0 bridgehead atoms. The summed E-state index contributed by atoms with van der Waals surface area (Å²) >= 11 is 0. The summed E-state index contributed by atoms with van der Waals surface area (Å²) in [5, 5.41) is 22.1. The van der Waals surface area contributed by atoms with Gasteiger partial charge in [-0.2, -0.15) is 0 Å². The van der Waals surface area contributed by atoms with Crippen LogP contribution in [0.5, 0.6) is 11.6 Å². The van der Waals surface area contributed by atoms with Gasteiger partial charge in [0, 0.05) is 11.5 Å². The first kappa shape index (κ1) is 20.5. The Balaban J connectivity index is 2.32. The normalized spacial score (nSPS) is 17.3. The lowest BCUT2D eigenvalue weighted by Gasteiger charge is -2.28. The molecule has 1 aliphatic rings. The fraction of sp³-hybridized carbons (Fsp3) is 0.476. The van der Waals surface area contributed by atoms with Gasteiger partial charge in [0.05, 0.1) is 27.7 Å². The standard InChI is InChI=1S/C21H28N2O4S/c1-12(2)13(3)23-19(21(4,5)6)18(24)17(20(23)25)15-11-28(26,27)16-10-8-7-9-14(16)22-15/h7-10,12-13,24-25H,11H2,1-6H3. The lowest BCUT2D eigenvalue weighted by molar-refractivity contribution is 0.318. The average Bonchev–Trinajstić information content (AvgIpc) is 2.84. The molecule has 0 radical (unpaired) electrons. The van der Waals surface area contributed by atoms with Crippen molar-refractivity contribution in [1.29, 1.82) is 0 Å². The van der Waals surface area contributed by atoms with Crippen molar-refractivity contribution in [2.45, 2.75) is 57.9 Å². The molecule has 0 spiro atoms. The van der Waals surface area contributed by atoms with Crippen LogP contribution in [0.1, 0.15) is 58.8 Å². The Morgan fingerprint density at radius 2 is 1.71 bits per heavy atom. The lowest BCUT2D eigenvalue weighted by atomic mass is 9.90. The third-order valence-corrected chi connectivity index (χ3v) is 6.98. The summed E-state index contributed by atoms with van der Waals surface area (Å²) in [6.07, 6.45) is 0. The van der Waals surface area contributed by atoms with Gasteiger partial charge >= 0.3 is 0 Å². The summed E-state index contributed by atoms with van der Waals surface area (Å²) in [7, 11) is -3.61. The van der Waals surface area contributed by atoms with Gasteiger partial charge in [-0.15, -0.1) is 0 Å². The van der Waals surface area contributed by atoms with Gasteiger partial charge in [-0.1, -0.05) is 46.8 Å². The summed E-state index contributed by atoms with van der Waals surface area (Å²) in [5.74, 6) is -0.415. The zero-order valence-corrected chi connectivity index (χ0v) is 18.0. The highest BCUT2D eigenvalue weighted by atomic mass is 32.2. The van der Waals surface area contributed by atoms with Crippen molar-refractivity contribution in [2.75, 3.05) is 5.75 Å². The van der Waals surface area contributed by atoms with Crippen molar-refractivity contribution in [3.8, 4) is 11.6 Å². The molecule has 1 aromatic carbocycles. The minimum atomic E-state index is -3.61. The summed E-state index contributed by atoms with van der Waals surface area (Å²) in [5.41, 5.74) is 0.698. The van der Waals surface area contributed by atoms with Gasteiger partial charge in [0.25, 0.3) is 0 Å². The maximum atomic E-state index is 12.8. The summed E-state index contributed by atoms with van der Waals surface area (Å²) in [6, 6.07) is 6.43. The van der Waals surface area contributed by atoms with Crippen molar-refractivity contribution in [3.05, 3.63) is 35.5 Å². The largest absolute Gasteiger partial charge is 0.505 e. The molecule has 0 amide bonds. The van der Waals surface area contributed by atoms with E-state index >= 15 is 0 Å². The molecule has 6 nitrogen and oxygen atoms in total. The molecule has 2 heterocycles. The quantitative estimate of drug-likeness (QED) is 0.797. The van der Waals surface area contributed by atoms with Crippen molar-refractivity contribution in [1.82, 2.24) is 4.57 Å². The number of aromatic hydroxyl groups is 2. The second-order valence-corrected chi connectivity index (χ2v) is 10.7. The van der Waals surface area contributed by atoms with Crippen LogP contribution in [0.4, 0.5) is 5.69 Å². The van der Waals surface area contributed by atoms with Gasteiger partial charge < -0.3 is 14.8 Å². The van der Waals surface area contributed by atoms with Crippen LogP contribution in [-0.2, 0) is 15.3 Å². The molecule has 1 aliphatic heterocycles. The first-order chi connectivity index (χ1) is 12.9. The van der Waals surface area contributed by atoms with E-state index in [4.69, 9.17) is 0 Å².